The summed E-state index contributed by atoms with van der Waals surface area (Å²) in [4.78, 5) is 17.6. The molecule has 0 atom stereocenters. The van der Waals surface area contributed by atoms with Gasteiger partial charge in [0.05, 0.1) is 10.9 Å². The molecule has 0 aliphatic rings. The second-order valence-electron chi connectivity index (χ2n) is 6.77. The van der Waals surface area contributed by atoms with E-state index in [4.69, 9.17) is 4.98 Å². The van der Waals surface area contributed by atoms with Gasteiger partial charge in [-0.3, -0.25) is 9.36 Å². The van der Waals surface area contributed by atoms with Crippen LogP contribution in [0.2, 0.25) is 0 Å². The maximum atomic E-state index is 12.8. The summed E-state index contributed by atoms with van der Waals surface area (Å²) in [6, 6.07) is 0. The molecule has 1 heterocycles. The van der Waals surface area contributed by atoms with Crippen molar-refractivity contribution in [1.82, 2.24) is 9.55 Å². The third-order valence-electron chi connectivity index (χ3n) is 4.38. The van der Waals surface area contributed by atoms with Crippen LogP contribution in [-0.4, -0.2) is 9.55 Å². The highest BCUT2D eigenvalue weighted by atomic mass is 16.1. The highest BCUT2D eigenvalue weighted by molar-refractivity contribution is 5.86. The Morgan fingerprint density at radius 3 is 1.90 bits per heavy atom. The smallest absolute Gasteiger partial charge is 0.261 e. The molecule has 0 unspecified atom stereocenters. The molecule has 0 saturated heterocycles. The zero-order valence-corrected chi connectivity index (χ0v) is 13.8. The van der Waals surface area contributed by atoms with Crippen molar-refractivity contribution in [2.75, 3.05) is 0 Å². The zero-order valence-electron chi connectivity index (χ0n) is 13.8. The molecule has 1 aromatic heterocycles. The first-order valence-corrected chi connectivity index (χ1v) is 7.05. The molecule has 0 aliphatic heterocycles. The monoisotopic (exact) mass is 272 g/mol. The lowest BCUT2D eigenvalue weighted by Gasteiger charge is -2.23. The fourth-order valence-corrected chi connectivity index (χ4v) is 2.81. The van der Waals surface area contributed by atoms with Crippen LogP contribution in [0.3, 0.4) is 0 Å². The van der Waals surface area contributed by atoms with Crippen molar-refractivity contribution in [3.8, 4) is 0 Å². The molecule has 3 heteroatoms. The predicted molar refractivity (Wildman–Crippen MR) is 84.6 cm³/mol. The Labute approximate surface area is 120 Å². The Hall–Kier alpha value is -1.64. The average Bonchev–Trinajstić information content (AvgIpc) is 2.35. The van der Waals surface area contributed by atoms with Gasteiger partial charge in [-0.15, -0.1) is 0 Å². The summed E-state index contributed by atoms with van der Waals surface area (Å²) < 4.78 is 1.70. The summed E-state index contributed by atoms with van der Waals surface area (Å²) in [6.45, 7) is 14.5. The van der Waals surface area contributed by atoms with E-state index in [1.807, 2.05) is 14.0 Å². The van der Waals surface area contributed by atoms with E-state index in [-0.39, 0.29) is 11.0 Å². The van der Waals surface area contributed by atoms with Gasteiger partial charge in [-0.1, -0.05) is 20.8 Å². The topological polar surface area (TPSA) is 34.9 Å². The van der Waals surface area contributed by atoms with E-state index in [1.54, 1.807) is 4.57 Å². The summed E-state index contributed by atoms with van der Waals surface area (Å²) in [5, 5.41) is 0.765. The third-order valence-corrected chi connectivity index (χ3v) is 4.38. The van der Waals surface area contributed by atoms with Gasteiger partial charge < -0.3 is 0 Å². The Kier molecular flexibility index (Phi) is 3.28. The van der Waals surface area contributed by atoms with Crippen LogP contribution >= 0.6 is 0 Å². The van der Waals surface area contributed by atoms with Crippen LogP contribution in [0.15, 0.2) is 4.79 Å². The number of benzene rings is 1. The van der Waals surface area contributed by atoms with Crippen LogP contribution < -0.4 is 5.56 Å². The van der Waals surface area contributed by atoms with Gasteiger partial charge in [-0.05, 0) is 49.9 Å². The number of fused-ring (bicyclic) bond motifs is 1. The molecule has 0 bridgehead atoms. The Morgan fingerprint density at radius 1 is 0.900 bits per heavy atom. The first-order valence-electron chi connectivity index (χ1n) is 7.05. The normalized spacial score (nSPS) is 12.2. The third kappa shape index (κ3) is 1.96. The second-order valence-corrected chi connectivity index (χ2v) is 6.77. The number of aryl methyl sites for hydroxylation is 2. The van der Waals surface area contributed by atoms with E-state index in [0.29, 0.717) is 0 Å². The molecule has 0 radical (unpaired) electrons. The Balaban J connectivity index is 3.11. The fraction of sp³-hybridized carbons (Fsp3) is 0.529. The molecule has 0 fully saturated rings. The summed E-state index contributed by atoms with van der Waals surface area (Å²) in [7, 11) is 1.82. The van der Waals surface area contributed by atoms with Gasteiger partial charge in [0.15, 0.2) is 0 Å². The lowest BCUT2D eigenvalue weighted by atomic mass is 9.92. The standard InChI is InChI=1S/C17H24N2O/c1-9-10(2)12(4)14-13(11(9)3)15(20)19(8)16(18-14)17(5,6)7/h1-8H3. The SMILES string of the molecule is Cc1c(C)c(C)c2c(=O)n(C)c(C(C)(C)C)nc2c1C. The number of hydrogen-bond donors (Lipinski definition) is 0. The van der Waals surface area contributed by atoms with Crippen LogP contribution in [0.1, 0.15) is 48.8 Å². The molecular weight excluding hydrogens is 248 g/mol. The molecule has 108 valence electrons. The largest absolute Gasteiger partial charge is 0.299 e. The molecule has 1 aromatic carbocycles. The lowest BCUT2D eigenvalue weighted by molar-refractivity contribution is 0.509. The molecule has 0 N–H and O–H groups in total. The van der Waals surface area contributed by atoms with Crippen LogP contribution in [-0.2, 0) is 12.5 Å². The molecule has 20 heavy (non-hydrogen) atoms. The van der Waals surface area contributed by atoms with Crippen molar-refractivity contribution in [2.24, 2.45) is 7.05 Å². The lowest BCUT2D eigenvalue weighted by Crippen LogP contribution is -2.30. The Morgan fingerprint density at radius 2 is 1.40 bits per heavy atom. The summed E-state index contributed by atoms with van der Waals surface area (Å²) in [5.41, 5.74) is 5.36. The minimum absolute atomic E-state index is 0.0589. The van der Waals surface area contributed by atoms with Crippen molar-refractivity contribution < 1.29 is 0 Å². The minimum atomic E-state index is -0.152. The van der Waals surface area contributed by atoms with Crippen molar-refractivity contribution >= 4 is 10.9 Å². The molecule has 0 saturated carbocycles. The number of aromatic nitrogens is 2. The van der Waals surface area contributed by atoms with Gasteiger partial charge in [0, 0.05) is 12.5 Å². The van der Waals surface area contributed by atoms with Gasteiger partial charge in [-0.25, -0.2) is 4.98 Å². The Bertz CT molecular complexity index is 762. The first-order chi connectivity index (χ1) is 9.07. The average molecular weight is 272 g/mol. The molecule has 0 spiro atoms. The van der Waals surface area contributed by atoms with Crippen LogP contribution in [0, 0.1) is 27.7 Å². The first kappa shape index (κ1) is 14.8. The van der Waals surface area contributed by atoms with E-state index in [9.17, 15) is 4.79 Å². The van der Waals surface area contributed by atoms with E-state index in [0.717, 1.165) is 27.9 Å². The van der Waals surface area contributed by atoms with Gasteiger partial charge >= 0.3 is 0 Å². The van der Waals surface area contributed by atoms with E-state index < -0.39 is 0 Å². The molecule has 0 aliphatic carbocycles. The van der Waals surface area contributed by atoms with Gasteiger partial charge in [0.2, 0.25) is 0 Å². The summed E-state index contributed by atoms with van der Waals surface area (Å²) in [6.07, 6.45) is 0. The number of rotatable bonds is 0. The number of nitrogens with zero attached hydrogens (tertiary/aromatic N) is 2. The van der Waals surface area contributed by atoms with Crippen LogP contribution in [0.5, 0.6) is 0 Å². The molecule has 2 aromatic rings. The molecule has 0 amide bonds. The molecule has 3 nitrogen and oxygen atoms in total. The van der Waals surface area contributed by atoms with Gasteiger partial charge in [0.25, 0.3) is 5.56 Å². The fourth-order valence-electron chi connectivity index (χ4n) is 2.81. The molecule has 2 rings (SSSR count). The molecular formula is C17H24N2O. The summed E-state index contributed by atoms with van der Waals surface area (Å²) in [5.74, 6) is 0.834. The van der Waals surface area contributed by atoms with E-state index in [2.05, 4.69) is 41.5 Å². The van der Waals surface area contributed by atoms with E-state index in [1.165, 1.54) is 11.1 Å². The highest BCUT2D eigenvalue weighted by Gasteiger charge is 2.23. The summed E-state index contributed by atoms with van der Waals surface area (Å²) >= 11 is 0. The second kappa shape index (κ2) is 4.44. The van der Waals surface area contributed by atoms with Crippen molar-refractivity contribution in [3.05, 3.63) is 38.4 Å². The van der Waals surface area contributed by atoms with Crippen molar-refractivity contribution in [3.63, 3.8) is 0 Å². The zero-order chi connectivity index (χ0) is 15.4. The van der Waals surface area contributed by atoms with Crippen molar-refractivity contribution in [1.29, 1.82) is 0 Å². The van der Waals surface area contributed by atoms with Gasteiger partial charge in [-0.2, -0.15) is 0 Å². The predicted octanol–water partition coefficient (Wildman–Crippen LogP) is 3.46. The highest BCUT2D eigenvalue weighted by Crippen LogP contribution is 2.28. The van der Waals surface area contributed by atoms with E-state index >= 15 is 0 Å². The number of hydrogen-bond acceptors (Lipinski definition) is 2. The van der Waals surface area contributed by atoms with Crippen LogP contribution in [0.25, 0.3) is 10.9 Å². The van der Waals surface area contributed by atoms with Crippen LogP contribution in [0.4, 0.5) is 0 Å². The maximum absolute atomic E-state index is 12.8. The van der Waals surface area contributed by atoms with Gasteiger partial charge in [0.1, 0.15) is 5.82 Å². The maximum Gasteiger partial charge on any atom is 0.261 e. The van der Waals surface area contributed by atoms with Crippen molar-refractivity contribution in [2.45, 2.75) is 53.9 Å². The quantitative estimate of drug-likeness (QED) is 0.736. The minimum Gasteiger partial charge on any atom is -0.299 e.